The van der Waals surface area contributed by atoms with Gasteiger partial charge < -0.3 is 14.9 Å². The van der Waals surface area contributed by atoms with Gasteiger partial charge in [-0.25, -0.2) is 8.42 Å². The van der Waals surface area contributed by atoms with Crippen molar-refractivity contribution in [3.05, 3.63) is 95.1 Å². The number of hydrogen-bond donors (Lipinski definition) is 3. The Labute approximate surface area is 269 Å². The van der Waals surface area contributed by atoms with E-state index in [0.29, 0.717) is 42.8 Å². The van der Waals surface area contributed by atoms with Gasteiger partial charge in [-0.15, -0.1) is 0 Å². The number of rotatable bonds is 23. The number of ether oxygens (including phenoxy) is 1. The molecule has 0 aliphatic heterocycles. The number of phenols is 1. The number of unbranched alkanes of at least 4 members (excludes halogenated alkanes) is 4. The van der Waals surface area contributed by atoms with Crippen molar-refractivity contribution in [1.82, 2.24) is 4.90 Å². The number of phenolic OH excluding ortho intramolecular Hbond substituents is 1. The van der Waals surface area contributed by atoms with Crippen molar-refractivity contribution in [3.63, 3.8) is 0 Å². The van der Waals surface area contributed by atoms with Gasteiger partial charge in [0.05, 0.1) is 12.3 Å². The number of sulfonamides is 1. The molecule has 0 heterocycles. The van der Waals surface area contributed by atoms with Crippen LogP contribution in [-0.2, 0) is 34.1 Å². The third kappa shape index (κ3) is 14.2. The van der Waals surface area contributed by atoms with Gasteiger partial charge in [-0.05, 0) is 92.1 Å². The predicted octanol–water partition coefficient (Wildman–Crippen LogP) is 6.36. The lowest BCUT2D eigenvalue weighted by Crippen LogP contribution is -2.31. The molecule has 8 nitrogen and oxygen atoms in total. The van der Waals surface area contributed by atoms with Crippen molar-refractivity contribution in [1.29, 1.82) is 0 Å². The smallest absolute Gasteiger partial charge is 0.232 e. The van der Waals surface area contributed by atoms with Crippen LogP contribution >= 0.6 is 0 Å². The highest BCUT2D eigenvalue weighted by atomic mass is 32.2. The first-order chi connectivity index (χ1) is 21.8. The number of aryl methyl sites for hydroxylation is 1. The van der Waals surface area contributed by atoms with Gasteiger partial charge in [0.2, 0.25) is 10.0 Å². The van der Waals surface area contributed by atoms with Crippen molar-refractivity contribution >= 4 is 21.5 Å². The molecule has 0 aliphatic rings. The number of carbonyl (C=O) groups excluding carboxylic acids is 1. The van der Waals surface area contributed by atoms with Crippen LogP contribution in [0.2, 0.25) is 0 Å². The molecule has 0 saturated carbocycles. The summed E-state index contributed by atoms with van der Waals surface area (Å²) in [5, 5.41) is 19.3. The molecular weight excluding hydrogens is 588 g/mol. The highest BCUT2D eigenvalue weighted by Gasteiger charge is 2.17. The van der Waals surface area contributed by atoms with Gasteiger partial charge in [0.1, 0.15) is 5.75 Å². The highest BCUT2D eigenvalue weighted by Crippen LogP contribution is 2.19. The van der Waals surface area contributed by atoms with Gasteiger partial charge in [-0.3, -0.25) is 14.4 Å². The minimum atomic E-state index is -3.28. The number of nitrogens with zero attached hydrogens (tertiary/aromatic N) is 1. The number of aliphatic hydroxyl groups is 1. The Bertz CT molecular complexity index is 1380. The molecule has 0 spiro atoms. The van der Waals surface area contributed by atoms with E-state index in [1.165, 1.54) is 6.07 Å². The Morgan fingerprint density at radius 1 is 0.844 bits per heavy atom. The third-order valence-corrected chi connectivity index (χ3v) is 9.02. The van der Waals surface area contributed by atoms with E-state index in [9.17, 15) is 23.4 Å². The lowest BCUT2D eigenvalue weighted by atomic mass is 10.00. The fourth-order valence-electron chi connectivity index (χ4n) is 5.20. The van der Waals surface area contributed by atoms with Crippen LogP contribution in [0.25, 0.3) is 0 Å². The number of carbonyl (C=O) groups is 1. The molecule has 3 aromatic carbocycles. The van der Waals surface area contributed by atoms with Gasteiger partial charge >= 0.3 is 0 Å². The number of anilines is 1. The van der Waals surface area contributed by atoms with Crippen LogP contribution in [-0.4, -0.2) is 68.0 Å². The van der Waals surface area contributed by atoms with E-state index in [2.05, 4.69) is 21.8 Å². The molecule has 3 rings (SSSR count). The first kappa shape index (κ1) is 36.2. The van der Waals surface area contributed by atoms with Crippen LogP contribution in [0.1, 0.15) is 78.9 Å². The Morgan fingerprint density at radius 2 is 1.58 bits per heavy atom. The van der Waals surface area contributed by atoms with Crippen LogP contribution in [0.15, 0.2) is 72.8 Å². The lowest BCUT2D eigenvalue weighted by molar-refractivity contribution is 0.0922. The van der Waals surface area contributed by atoms with Crippen molar-refractivity contribution in [2.45, 2.75) is 71.3 Å². The van der Waals surface area contributed by atoms with Crippen LogP contribution in [0.5, 0.6) is 5.75 Å². The molecule has 0 radical (unpaired) electrons. The zero-order chi connectivity index (χ0) is 32.3. The largest absolute Gasteiger partial charge is 0.508 e. The van der Waals surface area contributed by atoms with E-state index < -0.39 is 10.0 Å². The Morgan fingerprint density at radius 3 is 2.31 bits per heavy atom. The maximum atomic E-state index is 13.3. The standard InChI is InChI=1S/C36H50N2O6S/c1-2-3-26-45(42,43)37-33-17-15-30(16-18-33)14-11-25-44-24-10-5-4-9-22-38(28-31-12-7-6-8-13-31)29-36(41)35-20-19-34(40)27-32(35)21-23-39/h6-8,12-13,15-20,27,37,39-40H,2-5,9-11,14,21-26,28-29H2,1H3. The molecule has 0 saturated heterocycles. The van der Waals surface area contributed by atoms with E-state index in [0.717, 1.165) is 69.2 Å². The zero-order valence-corrected chi connectivity index (χ0v) is 27.4. The van der Waals surface area contributed by atoms with Gasteiger partial charge in [0.15, 0.2) is 5.78 Å². The average molecular weight is 639 g/mol. The van der Waals surface area contributed by atoms with Crippen LogP contribution in [0.3, 0.4) is 0 Å². The zero-order valence-electron chi connectivity index (χ0n) is 26.6. The van der Waals surface area contributed by atoms with Gasteiger partial charge in [0, 0.05) is 37.6 Å². The molecule has 3 N–H and O–H groups in total. The number of aliphatic hydroxyl groups excluding tert-OH is 1. The molecule has 0 unspecified atom stereocenters. The predicted molar refractivity (Wildman–Crippen MR) is 181 cm³/mol. The van der Waals surface area contributed by atoms with Gasteiger partial charge in [0.25, 0.3) is 0 Å². The second-order valence-corrected chi connectivity index (χ2v) is 13.4. The van der Waals surface area contributed by atoms with Crippen molar-refractivity contribution in [3.8, 4) is 5.75 Å². The maximum Gasteiger partial charge on any atom is 0.232 e. The summed E-state index contributed by atoms with van der Waals surface area (Å²) in [6, 6.07) is 22.4. The normalized spacial score (nSPS) is 11.6. The summed E-state index contributed by atoms with van der Waals surface area (Å²) >= 11 is 0. The quantitative estimate of drug-likeness (QED) is 0.0817. The number of ketones is 1. The summed E-state index contributed by atoms with van der Waals surface area (Å²) in [6.07, 6.45) is 7.68. The fourth-order valence-corrected chi connectivity index (χ4v) is 6.47. The number of benzene rings is 3. The molecular formula is C36H50N2O6S. The third-order valence-electron chi connectivity index (χ3n) is 7.65. The molecule has 0 fully saturated rings. The molecule has 0 atom stereocenters. The number of Topliss-reactive ketones (excluding diaryl/α,β-unsaturated/α-hetero) is 1. The van der Waals surface area contributed by atoms with E-state index in [4.69, 9.17) is 4.74 Å². The Kier molecular flexibility index (Phi) is 16.1. The van der Waals surface area contributed by atoms with Crippen LogP contribution < -0.4 is 4.72 Å². The fraction of sp³-hybridized carbons (Fsp3) is 0.472. The maximum absolute atomic E-state index is 13.3. The van der Waals surface area contributed by atoms with Crippen LogP contribution in [0, 0.1) is 0 Å². The Balaban J connectivity index is 1.34. The molecule has 246 valence electrons. The van der Waals surface area contributed by atoms with Crippen LogP contribution in [0.4, 0.5) is 5.69 Å². The van der Waals surface area contributed by atoms with Gasteiger partial charge in [-0.2, -0.15) is 0 Å². The second kappa shape index (κ2) is 20.0. The summed E-state index contributed by atoms with van der Waals surface area (Å²) in [4.78, 5) is 15.4. The van der Waals surface area contributed by atoms with Gasteiger partial charge in [-0.1, -0.05) is 68.7 Å². The molecule has 0 amide bonds. The first-order valence-electron chi connectivity index (χ1n) is 16.2. The summed E-state index contributed by atoms with van der Waals surface area (Å²) < 4.78 is 32.6. The molecule has 45 heavy (non-hydrogen) atoms. The minimum Gasteiger partial charge on any atom is -0.508 e. The monoisotopic (exact) mass is 638 g/mol. The lowest BCUT2D eigenvalue weighted by Gasteiger charge is -2.22. The number of hydrogen-bond acceptors (Lipinski definition) is 7. The molecule has 9 heteroatoms. The molecule has 0 bridgehead atoms. The summed E-state index contributed by atoms with van der Waals surface area (Å²) in [7, 11) is -3.28. The van der Waals surface area contributed by atoms with Crippen molar-refractivity contribution in [2.75, 3.05) is 43.4 Å². The summed E-state index contributed by atoms with van der Waals surface area (Å²) in [5.74, 6) is 0.231. The number of aromatic hydroxyl groups is 1. The topological polar surface area (TPSA) is 116 Å². The highest BCUT2D eigenvalue weighted by molar-refractivity contribution is 7.92. The average Bonchev–Trinajstić information content (AvgIpc) is 3.02. The Hall–Kier alpha value is -3.24. The van der Waals surface area contributed by atoms with E-state index in [1.807, 2.05) is 49.4 Å². The van der Waals surface area contributed by atoms with E-state index in [1.54, 1.807) is 12.1 Å². The summed E-state index contributed by atoms with van der Waals surface area (Å²) in [6.45, 7) is 5.06. The second-order valence-electron chi connectivity index (χ2n) is 11.5. The molecule has 0 aliphatic carbocycles. The number of nitrogens with one attached hydrogen (secondary N) is 1. The minimum absolute atomic E-state index is 0.00857. The summed E-state index contributed by atoms with van der Waals surface area (Å²) in [5.41, 5.74) is 4.14. The SMILES string of the molecule is CCCCS(=O)(=O)Nc1ccc(CCCOCCCCCCN(CC(=O)c2ccc(O)cc2CCO)Cc2ccccc2)cc1. The first-order valence-corrected chi connectivity index (χ1v) is 17.8. The van der Waals surface area contributed by atoms with Crippen molar-refractivity contribution in [2.24, 2.45) is 0 Å². The van der Waals surface area contributed by atoms with E-state index >= 15 is 0 Å². The molecule has 0 aromatic heterocycles. The van der Waals surface area contributed by atoms with E-state index in [-0.39, 0.29) is 30.4 Å². The van der Waals surface area contributed by atoms with Crippen molar-refractivity contribution < 1.29 is 28.2 Å². The molecule has 3 aromatic rings.